The molecule has 0 unspecified atom stereocenters. The summed E-state index contributed by atoms with van der Waals surface area (Å²) in [5, 5.41) is 3.99. The van der Waals surface area contributed by atoms with E-state index in [2.05, 4.69) is 4.99 Å². The number of amidine groups is 1. The predicted octanol–water partition coefficient (Wildman–Crippen LogP) is 1.47. The minimum Gasteiger partial charge on any atom is -0.383 e. The lowest BCUT2D eigenvalue weighted by molar-refractivity contribution is 1.12. The molecular formula is C7H10N2S. The van der Waals surface area contributed by atoms with Crippen LogP contribution >= 0.6 is 11.3 Å². The van der Waals surface area contributed by atoms with Gasteiger partial charge < -0.3 is 5.73 Å². The molecule has 0 saturated carbocycles. The lowest BCUT2D eigenvalue weighted by Crippen LogP contribution is -2.12. The molecule has 0 atom stereocenters. The molecule has 0 aromatic carbocycles. The fourth-order valence-electron chi connectivity index (χ4n) is 0.672. The van der Waals surface area contributed by atoms with Gasteiger partial charge in [-0.25, -0.2) is 0 Å². The molecule has 10 heavy (non-hydrogen) atoms. The van der Waals surface area contributed by atoms with Crippen LogP contribution in [0.1, 0.15) is 12.5 Å². The first-order valence-corrected chi connectivity index (χ1v) is 4.11. The van der Waals surface area contributed by atoms with Crippen LogP contribution < -0.4 is 5.73 Å². The summed E-state index contributed by atoms with van der Waals surface area (Å²) in [7, 11) is 0. The van der Waals surface area contributed by atoms with E-state index in [0.717, 1.165) is 12.1 Å². The molecule has 0 aliphatic carbocycles. The topological polar surface area (TPSA) is 38.4 Å². The second-order valence-electron chi connectivity index (χ2n) is 1.87. The molecule has 3 heteroatoms. The van der Waals surface area contributed by atoms with E-state index in [1.807, 2.05) is 23.8 Å². The van der Waals surface area contributed by atoms with Gasteiger partial charge in [-0.15, -0.1) is 0 Å². The first-order valence-electron chi connectivity index (χ1n) is 3.17. The summed E-state index contributed by atoms with van der Waals surface area (Å²) in [4.78, 5) is 4.07. The molecule has 0 radical (unpaired) electrons. The first-order chi connectivity index (χ1) is 4.84. The molecule has 1 heterocycles. The minimum absolute atomic E-state index is 0.642. The van der Waals surface area contributed by atoms with Gasteiger partial charge in [-0.3, -0.25) is 4.99 Å². The Morgan fingerprint density at radius 3 is 3.10 bits per heavy atom. The second kappa shape index (κ2) is 3.37. The SMILES string of the molecule is CCN=C(N)c1ccsc1. The number of thiophene rings is 1. The Bertz CT molecular complexity index is 214. The van der Waals surface area contributed by atoms with Gasteiger partial charge in [0.15, 0.2) is 0 Å². The van der Waals surface area contributed by atoms with Crippen molar-refractivity contribution in [1.82, 2.24) is 0 Å². The van der Waals surface area contributed by atoms with Gasteiger partial charge in [-0.05, 0) is 18.4 Å². The van der Waals surface area contributed by atoms with E-state index in [0.29, 0.717) is 5.84 Å². The largest absolute Gasteiger partial charge is 0.383 e. The molecule has 1 aromatic rings. The molecule has 2 N–H and O–H groups in total. The molecule has 1 aromatic heterocycles. The molecular weight excluding hydrogens is 144 g/mol. The van der Waals surface area contributed by atoms with E-state index >= 15 is 0 Å². The van der Waals surface area contributed by atoms with E-state index < -0.39 is 0 Å². The van der Waals surface area contributed by atoms with Crippen LogP contribution in [0.4, 0.5) is 0 Å². The molecule has 0 fully saturated rings. The zero-order chi connectivity index (χ0) is 7.40. The van der Waals surface area contributed by atoms with Gasteiger partial charge in [-0.2, -0.15) is 11.3 Å². The normalized spacial score (nSPS) is 11.9. The monoisotopic (exact) mass is 154 g/mol. The highest BCUT2D eigenvalue weighted by atomic mass is 32.1. The standard InChI is InChI=1S/C7H10N2S/c1-2-9-7(8)6-3-4-10-5-6/h3-5H,2H2,1H3,(H2,8,9). The summed E-state index contributed by atoms with van der Waals surface area (Å²) in [5.74, 6) is 0.642. The Balaban J connectivity index is 2.77. The number of aliphatic imine (C=N–C) groups is 1. The van der Waals surface area contributed by atoms with Crippen LogP contribution in [0.5, 0.6) is 0 Å². The predicted molar refractivity (Wildman–Crippen MR) is 45.6 cm³/mol. The highest BCUT2D eigenvalue weighted by Crippen LogP contribution is 2.04. The number of hydrogen-bond donors (Lipinski definition) is 1. The number of rotatable bonds is 2. The van der Waals surface area contributed by atoms with Crippen LogP contribution in [0, 0.1) is 0 Å². The van der Waals surface area contributed by atoms with Crippen molar-refractivity contribution in [2.45, 2.75) is 6.92 Å². The van der Waals surface area contributed by atoms with E-state index in [-0.39, 0.29) is 0 Å². The summed E-state index contributed by atoms with van der Waals surface area (Å²) in [6.45, 7) is 2.72. The smallest absolute Gasteiger partial charge is 0.126 e. The van der Waals surface area contributed by atoms with Gasteiger partial charge in [0, 0.05) is 17.5 Å². The second-order valence-corrected chi connectivity index (χ2v) is 2.65. The Labute approximate surface area is 64.4 Å². The Morgan fingerprint density at radius 2 is 2.60 bits per heavy atom. The number of nitrogens with two attached hydrogens (primary N) is 1. The van der Waals surface area contributed by atoms with Crippen molar-refractivity contribution in [1.29, 1.82) is 0 Å². The third-order valence-corrected chi connectivity index (χ3v) is 1.83. The third kappa shape index (κ3) is 1.57. The minimum atomic E-state index is 0.642. The van der Waals surface area contributed by atoms with Crippen LogP contribution in [0.25, 0.3) is 0 Å². The summed E-state index contributed by atoms with van der Waals surface area (Å²) in [5.41, 5.74) is 6.64. The zero-order valence-electron chi connectivity index (χ0n) is 5.87. The molecule has 0 aliphatic heterocycles. The fraction of sp³-hybridized carbons (Fsp3) is 0.286. The molecule has 0 aliphatic rings. The van der Waals surface area contributed by atoms with Crippen LogP contribution in [-0.2, 0) is 0 Å². The molecule has 0 bridgehead atoms. The van der Waals surface area contributed by atoms with E-state index in [4.69, 9.17) is 5.73 Å². The summed E-state index contributed by atoms with van der Waals surface area (Å²) < 4.78 is 0. The van der Waals surface area contributed by atoms with E-state index in [9.17, 15) is 0 Å². The maximum atomic E-state index is 5.61. The van der Waals surface area contributed by atoms with Crippen LogP contribution in [-0.4, -0.2) is 12.4 Å². The third-order valence-electron chi connectivity index (χ3n) is 1.15. The van der Waals surface area contributed by atoms with E-state index in [1.165, 1.54) is 0 Å². The fourth-order valence-corrected chi connectivity index (χ4v) is 1.32. The van der Waals surface area contributed by atoms with Gasteiger partial charge in [0.05, 0.1) is 0 Å². The van der Waals surface area contributed by atoms with Gasteiger partial charge in [0.2, 0.25) is 0 Å². The van der Waals surface area contributed by atoms with Crippen LogP contribution in [0.3, 0.4) is 0 Å². The van der Waals surface area contributed by atoms with Gasteiger partial charge in [0.1, 0.15) is 5.84 Å². The average Bonchev–Trinajstić information content (AvgIpc) is 2.38. The molecule has 0 spiro atoms. The van der Waals surface area contributed by atoms with Crippen LogP contribution in [0.2, 0.25) is 0 Å². The Kier molecular flexibility index (Phi) is 2.45. The van der Waals surface area contributed by atoms with Gasteiger partial charge >= 0.3 is 0 Å². The summed E-state index contributed by atoms with van der Waals surface area (Å²) in [6, 6.07) is 1.97. The lowest BCUT2D eigenvalue weighted by Gasteiger charge is -1.92. The van der Waals surface area contributed by atoms with Gasteiger partial charge in [-0.1, -0.05) is 0 Å². The summed E-state index contributed by atoms with van der Waals surface area (Å²) in [6.07, 6.45) is 0. The maximum absolute atomic E-state index is 5.61. The van der Waals surface area contributed by atoms with Crippen molar-refractivity contribution in [2.24, 2.45) is 10.7 Å². The molecule has 0 saturated heterocycles. The van der Waals surface area contributed by atoms with Crippen molar-refractivity contribution in [2.75, 3.05) is 6.54 Å². The Morgan fingerprint density at radius 1 is 1.80 bits per heavy atom. The van der Waals surface area contributed by atoms with Gasteiger partial charge in [0.25, 0.3) is 0 Å². The van der Waals surface area contributed by atoms with Crippen molar-refractivity contribution in [3.05, 3.63) is 22.4 Å². The van der Waals surface area contributed by atoms with Crippen LogP contribution in [0.15, 0.2) is 21.8 Å². The highest BCUT2D eigenvalue weighted by molar-refractivity contribution is 7.08. The zero-order valence-corrected chi connectivity index (χ0v) is 6.69. The highest BCUT2D eigenvalue weighted by Gasteiger charge is 1.94. The number of nitrogens with zero attached hydrogens (tertiary/aromatic N) is 1. The molecule has 2 nitrogen and oxygen atoms in total. The lowest BCUT2D eigenvalue weighted by atomic mass is 10.3. The molecule has 54 valence electrons. The van der Waals surface area contributed by atoms with Crippen molar-refractivity contribution >= 4 is 17.2 Å². The summed E-state index contributed by atoms with van der Waals surface area (Å²) >= 11 is 1.63. The first kappa shape index (κ1) is 7.28. The Hall–Kier alpha value is -0.830. The van der Waals surface area contributed by atoms with Crippen molar-refractivity contribution in [3.63, 3.8) is 0 Å². The molecule has 1 rings (SSSR count). The van der Waals surface area contributed by atoms with E-state index in [1.54, 1.807) is 11.3 Å². The maximum Gasteiger partial charge on any atom is 0.126 e. The van der Waals surface area contributed by atoms with Crippen molar-refractivity contribution < 1.29 is 0 Å². The number of hydrogen-bond acceptors (Lipinski definition) is 2. The quantitative estimate of drug-likeness (QED) is 0.508. The van der Waals surface area contributed by atoms with Crippen molar-refractivity contribution in [3.8, 4) is 0 Å². The average molecular weight is 154 g/mol. The molecule has 0 amide bonds.